The maximum atomic E-state index is 13.3. The number of amides is 1. The first-order chi connectivity index (χ1) is 15.6. The van der Waals surface area contributed by atoms with Crippen molar-refractivity contribution in [2.75, 3.05) is 6.54 Å². The van der Waals surface area contributed by atoms with Crippen LogP contribution in [-0.2, 0) is 17.8 Å². The van der Waals surface area contributed by atoms with Gasteiger partial charge in [-0.2, -0.15) is 9.50 Å². The summed E-state index contributed by atoms with van der Waals surface area (Å²) in [6, 6.07) is 19.6. The quantitative estimate of drug-likeness (QED) is 0.438. The molecule has 0 fully saturated rings. The summed E-state index contributed by atoms with van der Waals surface area (Å²) < 4.78 is 3.35. The van der Waals surface area contributed by atoms with Crippen LogP contribution in [0.1, 0.15) is 23.2 Å². The SMILES string of the molecule is C=CCNC(=O)CCc1c(C)n(Cc2ccccc2)c2nc(-c3ccccc3)nn2c1=O. The van der Waals surface area contributed by atoms with Crippen molar-refractivity contribution in [3.05, 3.63) is 100 Å². The Bertz CT molecular complexity index is 1310. The van der Waals surface area contributed by atoms with Gasteiger partial charge in [-0.25, -0.2) is 0 Å². The number of carbonyl (C=O) groups excluding carboxylic acids is 1. The number of hydrogen-bond acceptors (Lipinski definition) is 4. The van der Waals surface area contributed by atoms with Gasteiger partial charge >= 0.3 is 0 Å². The topological polar surface area (TPSA) is 81.3 Å². The van der Waals surface area contributed by atoms with Crippen LogP contribution in [0, 0.1) is 6.92 Å². The first-order valence-electron chi connectivity index (χ1n) is 10.5. The largest absolute Gasteiger partial charge is 0.353 e. The Morgan fingerprint density at radius 1 is 1.09 bits per heavy atom. The summed E-state index contributed by atoms with van der Waals surface area (Å²) in [4.78, 5) is 30.2. The van der Waals surface area contributed by atoms with E-state index in [1.807, 2.05) is 72.2 Å². The predicted molar refractivity (Wildman–Crippen MR) is 124 cm³/mol. The highest BCUT2D eigenvalue weighted by molar-refractivity contribution is 5.76. The molecule has 32 heavy (non-hydrogen) atoms. The number of nitrogens with zero attached hydrogens (tertiary/aromatic N) is 4. The molecule has 1 N–H and O–H groups in total. The average molecular weight is 428 g/mol. The Morgan fingerprint density at radius 2 is 1.78 bits per heavy atom. The number of aromatic nitrogens is 4. The number of fused-ring (bicyclic) bond motifs is 1. The fourth-order valence-corrected chi connectivity index (χ4v) is 3.68. The third-order valence-corrected chi connectivity index (χ3v) is 5.38. The molecule has 0 saturated heterocycles. The lowest BCUT2D eigenvalue weighted by Crippen LogP contribution is -2.29. The van der Waals surface area contributed by atoms with Gasteiger partial charge in [0.05, 0.1) is 6.54 Å². The molecular weight excluding hydrogens is 402 g/mol. The Labute approximate surface area is 186 Å². The molecule has 0 radical (unpaired) electrons. The zero-order valence-corrected chi connectivity index (χ0v) is 18.0. The molecular formula is C25H25N5O2. The number of hydrogen-bond donors (Lipinski definition) is 1. The highest BCUT2D eigenvalue weighted by Gasteiger charge is 2.19. The molecule has 0 atom stereocenters. The second kappa shape index (κ2) is 9.43. The molecule has 4 aromatic rings. The number of carbonyl (C=O) groups is 1. The van der Waals surface area contributed by atoms with Crippen molar-refractivity contribution < 1.29 is 4.79 Å². The van der Waals surface area contributed by atoms with E-state index in [1.54, 1.807) is 6.08 Å². The van der Waals surface area contributed by atoms with Crippen LogP contribution >= 0.6 is 0 Å². The lowest BCUT2D eigenvalue weighted by molar-refractivity contribution is -0.120. The molecule has 7 heteroatoms. The van der Waals surface area contributed by atoms with Gasteiger partial charge in [0.15, 0.2) is 5.82 Å². The van der Waals surface area contributed by atoms with Gasteiger partial charge in [0.2, 0.25) is 11.7 Å². The van der Waals surface area contributed by atoms with E-state index in [9.17, 15) is 9.59 Å². The van der Waals surface area contributed by atoms with Crippen molar-refractivity contribution in [3.8, 4) is 11.4 Å². The lowest BCUT2D eigenvalue weighted by Gasteiger charge is -2.15. The molecule has 0 aliphatic carbocycles. The van der Waals surface area contributed by atoms with Crippen LogP contribution in [0.3, 0.4) is 0 Å². The summed E-state index contributed by atoms with van der Waals surface area (Å²) in [6.07, 6.45) is 2.16. The van der Waals surface area contributed by atoms with Crippen molar-refractivity contribution in [1.29, 1.82) is 0 Å². The highest BCUT2D eigenvalue weighted by atomic mass is 16.1. The lowest BCUT2D eigenvalue weighted by atomic mass is 10.1. The molecule has 1 amide bonds. The van der Waals surface area contributed by atoms with E-state index in [4.69, 9.17) is 4.98 Å². The van der Waals surface area contributed by atoms with Gasteiger partial charge in [-0.1, -0.05) is 66.7 Å². The van der Waals surface area contributed by atoms with E-state index in [0.717, 1.165) is 16.8 Å². The summed E-state index contributed by atoms with van der Waals surface area (Å²) in [5.41, 5.74) is 3.03. The first-order valence-corrected chi connectivity index (χ1v) is 10.5. The van der Waals surface area contributed by atoms with Crippen molar-refractivity contribution in [2.24, 2.45) is 0 Å². The fraction of sp³-hybridized carbons (Fsp3) is 0.200. The molecule has 0 bridgehead atoms. The minimum atomic E-state index is -0.243. The van der Waals surface area contributed by atoms with Crippen LogP contribution in [0.5, 0.6) is 0 Å². The Kier molecular flexibility index (Phi) is 6.26. The van der Waals surface area contributed by atoms with Crippen LogP contribution in [0.25, 0.3) is 17.2 Å². The third-order valence-electron chi connectivity index (χ3n) is 5.38. The maximum Gasteiger partial charge on any atom is 0.279 e. The smallest absolute Gasteiger partial charge is 0.279 e. The fourth-order valence-electron chi connectivity index (χ4n) is 3.68. The Balaban J connectivity index is 1.81. The summed E-state index contributed by atoms with van der Waals surface area (Å²) >= 11 is 0. The van der Waals surface area contributed by atoms with Gasteiger partial charge in [-0.15, -0.1) is 11.7 Å². The van der Waals surface area contributed by atoms with Gasteiger partial charge < -0.3 is 9.88 Å². The second-order valence-electron chi connectivity index (χ2n) is 7.55. The van der Waals surface area contributed by atoms with Crippen LogP contribution in [0.15, 0.2) is 78.1 Å². The summed E-state index contributed by atoms with van der Waals surface area (Å²) in [7, 11) is 0. The van der Waals surface area contributed by atoms with Gasteiger partial charge in [-0.05, 0) is 18.9 Å². The summed E-state index contributed by atoms with van der Waals surface area (Å²) in [5, 5.41) is 7.28. The molecule has 162 valence electrons. The van der Waals surface area contributed by atoms with E-state index in [0.29, 0.717) is 36.7 Å². The van der Waals surface area contributed by atoms with Crippen LogP contribution in [-0.4, -0.2) is 31.6 Å². The number of nitrogens with one attached hydrogen (secondary N) is 1. The van der Waals surface area contributed by atoms with Crippen molar-refractivity contribution in [3.63, 3.8) is 0 Å². The molecule has 2 aromatic heterocycles. The normalized spacial score (nSPS) is 10.9. The van der Waals surface area contributed by atoms with Gasteiger partial charge in [0.25, 0.3) is 5.56 Å². The monoisotopic (exact) mass is 427 g/mol. The summed E-state index contributed by atoms with van der Waals surface area (Å²) in [5.74, 6) is 0.849. The molecule has 0 spiro atoms. The zero-order chi connectivity index (χ0) is 22.5. The van der Waals surface area contributed by atoms with Gasteiger partial charge in [-0.3, -0.25) is 9.59 Å². The molecule has 2 heterocycles. The Morgan fingerprint density at radius 3 is 2.47 bits per heavy atom. The third kappa shape index (κ3) is 4.37. The predicted octanol–water partition coefficient (Wildman–Crippen LogP) is 3.15. The number of rotatable bonds is 8. The molecule has 2 aromatic carbocycles. The standard InChI is InChI=1S/C25H25N5O2/c1-3-16-26-22(31)15-14-21-18(2)29(17-19-10-6-4-7-11-19)25-27-23(28-30(25)24(21)32)20-12-8-5-9-13-20/h3-13H,1,14-17H2,2H3,(H,26,31). The van der Waals surface area contributed by atoms with E-state index in [1.165, 1.54) is 4.52 Å². The molecule has 0 aliphatic rings. The highest BCUT2D eigenvalue weighted by Crippen LogP contribution is 2.18. The first kappa shape index (κ1) is 21.2. The van der Waals surface area contributed by atoms with E-state index in [-0.39, 0.29) is 17.9 Å². The van der Waals surface area contributed by atoms with Gasteiger partial charge in [0, 0.05) is 29.8 Å². The Hall–Kier alpha value is -4.00. The number of benzene rings is 2. The van der Waals surface area contributed by atoms with Crippen molar-refractivity contribution in [1.82, 2.24) is 24.5 Å². The molecule has 0 saturated carbocycles. The molecule has 0 unspecified atom stereocenters. The average Bonchev–Trinajstić information content (AvgIpc) is 3.27. The van der Waals surface area contributed by atoms with Crippen LogP contribution in [0.2, 0.25) is 0 Å². The van der Waals surface area contributed by atoms with Crippen molar-refractivity contribution in [2.45, 2.75) is 26.3 Å². The van der Waals surface area contributed by atoms with E-state index >= 15 is 0 Å². The molecule has 4 rings (SSSR count). The maximum absolute atomic E-state index is 13.3. The van der Waals surface area contributed by atoms with Gasteiger partial charge in [0.1, 0.15) is 0 Å². The zero-order valence-electron chi connectivity index (χ0n) is 18.0. The summed E-state index contributed by atoms with van der Waals surface area (Å²) in [6.45, 7) is 6.45. The minimum absolute atomic E-state index is 0.123. The van der Waals surface area contributed by atoms with E-state index in [2.05, 4.69) is 17.0 Å². The van der Waals surface area contributed by atoms with Crippen LogP contribution in [0.4, 0.5) is 0 Å². The van der Waals surface area contributed by atoms with E-state index < -0.39 is 0 Å². The minimum Gasteiger partial charge on any atom is -0.353 e. The van der Waals surface area contributed by atoms with Crippen molar-refractivity contribution >= 4 is 11.7 Å². The molecule has 7 nitrogen and oxygen atoms in total. The van der Waals surface area contributed by atoms with Crippen LogP contribution < -0.4 is 10.9 Å². The second-order valence-corrected chi connectivity index (χ2v) is 7.55. The molecule has 0 aliphatic heterocycles.